The van der Waals surface area contributed by atoms with Gasteiger partial charge in [0.05, 0.1) is 25.1 Å². The quantitative estimate of drug-likeness (QED) is 0.161. The molecule has 1 aromatic heterocycles. The Morgan fingerprint density at radius 1 is 0.875 bits per heavy atom. The molecule has 1 heterocycles. The molecule has 1 aliphatic rings. The number of anilines is 1. The molecule has 0 aliphatic heterocycles. The molecule has 0 saturated heterocycles. The van der Waals surface area contributed by atoms with Crippen molar-refractivity contribution in [3.05, 3.63) is 120 Å². The third-order valence-corrected chi connectivity index (χ3v) is 8.70. The van der Waals surface area contributed by atoms with Crippen LogP contribution in [0.5, 0.6) is 0 Å². The lowest BCUT2D eigenvalue weighted by molar-refractivity contribution is -0.130. The summed E-state index contributed by atoms with van der Waals surface area (Å²) in [5, 5.41) is 5.46. The summed E-state index contributed by atoms with van der Waals surface area (Å²) in [5.41, 5.74) is 7.20. The molecule has 10 heteroatoms. The minimum Gasteiger partial charge on any atom is -0.374 e. The van der Waals surface area contributed by atoms with Gasteiger partial charge >= 0.3 is 0 Å². The molecule has 10 nitrogen and oxygen atoms in total. The number of rotatable bonds is 14. The van der Waals surface area contributed by atoms with Crippen molar-refractivity contribution in [3.63, 3.8) is 0 Å². The second-order valence-electron chi connectivity index (χ2n) is 12.9. The van der Waals surface area contributed by atoms with E-state index in [1.807, 2.05) is 91.0 Å². The Morgan fingerprint density at radius 3 is 2.08 bits per heavy atom. The molecule has 5 rings (SSSR count). The summed E-state index contributed by atoms with van der Waals surface area (Å²) in [4.78, 5) is 57.8. The van der Waals surface area contributed by atoms with E-state index in [1.54, 1.807) is 24.6 Å². The number of ether oxygens (including phenoxy) is 1. The molecule has 0 bridgehead atoms. The molecule has 4 N–H and O–H groups in total. The molecule has 2 amide bonds. The number of carbonyl (C=O) groups is 4. The fourth-order valence-electron chi connectivity index (χ4n) is 5.97. The van der Waals surface area contributed by atoms with Crippen molar-refractivity contribution in [2.24, 2.45) is 17.6 Å². The summed E-state index contributed by atoms with van der Waals surface area (Å²) < 4.78 is 7.50. The maximum atomic E-state index is 14.1. The third-order valence-electron chi connectivity index (χ3n) is 8.70. The van der Waals surface area contributed by atoms with Crippen molar-refractivity contribution in [1.82, 2.24) is 14.9 Å². The van der Waals surface area contributed by atoms with Crippen molar-refractivity contribution in [2.45, 2.75) is 63.8 Å². The molecule has 250 valence electrons. The number of aromatic nitrogens is 2. The van der Waals surface area contributed by atoms with Gasteiger partial charge in [-0.1, -0.05) is 91.0 Å². The summed E-state index contributed by atoms with van der Waals surface area (Å²) in [5.74, 6) is -0.979. The van der Waals surface area contributed by atoms with Crippen LogP contribution in [0, 0.1) is 11.8 Å². The highest BCUT2D eigenvalue weighted by atomic mass is 16.5. The van der Waals surface area contributed by atoms with Gasteiger partial charge in [0.2, 0.25) is 5.91 Å². The third kappa shape index (κ3) is 8.90. The highest BCUT2D eigenvalue weighted by molar-refractivity contribution is 5.99. The van der Waals surface area contributed by atoms with Crippen molar-refractivity contribution >= 4 is 29.2 Å². The van der Waals surface area contributed by atoms with Crippen LogP contribution in [-0.2, 0) is 25.7 Å². The fourth-order valence-corrected chi connectivity index (χ4v) is 5.97. The maximum Gasteiger partial charge on any atom is 0.250 e. The van der Waals surface area contributed by atoms with Crippen molar-refractivity contribution in [3.8, 4) is 0 Å². The summed E-state index contributed by atoms with van der Waals surface area (Å²) in [6.45, 7) is 3.27. The Morgan fingerprint density at radius 2 is 1.46 bits per heavy atom. The Labute approximate surface area is 281 Å². The van der Waals surface area contributed by atoms with Gasteiger partial charge in [-0.25, -0.2) is 4.98 Å². The zero-order valence-corrected chi connectivity index (χ0v) is 27.4. The van der Waals surface area contributed by atoms with E-state index in [-0.39, 0.29) is 42.4 Å². The average molecular weight is 650 g/mol. The van der Waals surface area contributed by atoms with Crippen LogP contribution < -0.4 is 16.4 Å². The number of hydrogen-bond acceptors (Lipinski definition) is 7. The second kappa shape index (κ2) is 15.8. The molecule has 1 aliphatic carbocycles. The van der Waals surface area contributed by atoms with Gasteiger partial charge in [-0.05, 0) is 50.7 Å². The summed E-state index contributed by atoms with van der Waals surface area (Å²) >= 11 is 0. The molecular formula is C38H43N5O5. The normalized spacial score (nSPS) is 17.6. The first kappa shape index (κ1) is 34.4. The smallest absolute Gasteiger partial charge is 0.250 e. The van der Waals surface area contributed by atoms with E-state index in [1.165, 1.54) is 6.33 Å². The number of amides is 2. The van der Waals surface area contributed by atoms with Crippen LogP contribution in [0.4, 0.5) is 5.82 Å². The number of hydrogen-bond donors (Lipinski definition) is 3. The lowest BCUT2D eigenvalue weighted by Crippen LogP contribution is -2.56. The number of ketones is 2. The van der Waals surface area contributed by atoms with Crippen molar-refractivity contribution in [2.75, 3.05) is 11.9 Å². The zero-order valence-electron chi connectivity index (χ0n) is 27.4. The Bertz CT molecular complexity index is 1680. The number of Topliss-reactive ketones (excluding diaryl/α,β-unsaturated/α-hetero) is 2. The van der Waals surface area contributed by atoms with Crippen LogP contribution in [0.2, 0.25) is 0 Å². The number of imidazole rings is 1. The molecule has 1 unspecified atom stereocenters. The Balaban J connectivity index is 1.28. The lowest BCUT2D eigenvalue weighted by Gasteiger charge is -2.30. The molecule has 0 spiro atoms. The van der Waals surface area contributed by atoms with Crippen LogP contribution in [0.15, 0.2) is 104 Å². The highest BCUT2D eigenvalue weighted by Gasteiger charge is 2.35. The fraction of sp³-hybridized carbons (Fsp3) is 0.342. The average Bonchev–Trinajstić information content (AvgIpc) is 3.56. The first-order valence-corrected chi connectivity index (χ1v) is 16.3. The van der Waals surface area contributed by atoms with Gasteiger partial charge in [-0.3, -0.25) is 19.2 Å². The minimum absolute atomic E-state index is 0.0340. The largest absolute Gasteiger partial charge is 0.374 e. The Hall–Kier alpha value is -4.93. The molecule has 1 fully saturated rings. The van der Waals surface area contributed by atoms with Crippen LogP contribution in [0.3, 0.4) is 0 Å². The first-order valence-electron chi connectivity index (χ1n) is 16.3. The Kier molecular flexibility index (Phi) is 11.3. The predicted molar refractivity (Wildman–Crippen MR) is 183 cm³/mol. The number of carbonyl (C=O) groups excluding carboxylic acids is 4. The maximum absolute atomic E-state index is 14.1. The van der Waals surface area contributed by atoms with E-state index >= 15 is 0 Å². The summed E-state index contributed by atoms with van der Waals surface area (Å²) in [6, 6.07) is 26.5. The first-order chi connectivity index (χ1) is 23.1. The predicted octanol–water partition coefficient (Wildman–Crippen LogP) is 5.11. The number of nitrogens with one attached hydrogen (secondary N) is 2. The van der Waals surface area contributed by atoms with E-state index < -0.39 is 29.4 Å². The lowest BCUT2D eigenvalue weighted by atomic mass is 9.75. The van der Waals surface area contributed by atoms with Crippen molar-refractivity contribution < 1.29 is 23.9 Å². The number of nitrogens with zero attached hydrogens (tertiary/aromatic N) is 2. The van der Waals surface area contributed by atoms with Gasteiger partial charge in [-0.2, -0.15) is 0 Å². The van der Waals surface area contributed by atoms with Crippen LogP contribution in [-0.4, -0.2) is 51.1 Å². The number of nitrogens with two attached hydrogens (primary N) is 1. The van der Waals surface area contributed by atoms with Crippen molar-refractivity contribution in [1.29, 1.82) is 0 Å². The summed E-state index contributed by atoms with van der Waals surface area (Å²) in [6.07, 6.45) is 5.68. The standard InChI is InChI=1S/C38H43N5O5/c1-38(2,39)37(47)41-31(24-48-23-26-12-6-3-7-13-26)36(46)42-32-22-43(25-40-32)33(27-14-8-4-9-15-27)35(45)30-20-18-29(19-21-30)34(44)28-16-10-5-11-17-28/h3-17,22,25,29-31,33H,18-21,23-24,39H2,1-2H3,(H,41,47)(H,42,46)/t29?,30?,31-,33?/m1/s1. The van der Waals surface area contributed by atoms with E-state index in [0.29, 0.717) is 31.2 Å². The van der Waals surface area contributed by atoms with E-state index in [0.717, 1.165) is 11.1 Å². The van der Waals surface area contributed by atoms with E-state index in [9.17, 15) is 19.2 Å². The van der Waals surface area contributed by atoms with Crippen LogP contribution >= 0.6 is 0 Å². The van der Waals surface area contributed by atoms with Crippen LogP contribution in [0.25, 0.3) is 0 Å². The molecule has 4 aromatic rings. The van der Waals surface area contributed by atoms with Crippen LogP contribution in [0.1, 0.15) is 67.1 Å². The minimum atomic E-state index is -1.21. The van der Waals surface area contributed by atoms with Gasteiger partial charge in [0.25, 0.3) is 5.91 Å². The van der Waals surface area contributed by atoms with Gasteiger partial charge < -0.3 is 25.7 Å². The molecule has 1 saturated carbocycles. The van der Waals surface area contributed by atoms with E-state index in [4.69, 9.17) is 10.5 Å². The summed E-state index contributed by atoms with van der Waals surface area (Å²) in [7, 11) is 0. The molecule has 2 atom stereocenters. The van der Waals surface area contributed by atoms with Gasteiger partial charge in [0.15, 0.2) is 17.4 Å². The second-order valence-corrected chi connectivity index (χ2v) is 12.9. The van der Waals surface area contributed by atoms with Gasteiger partial charge in [0.1, 0.15) is 12.1 Å². The topological polar surface area (TPSA) is 145 Å². The SMILES string of the molecule is CC(C)(N)C(=O)N[C@H](COCc1ccccc1)C(=O)Nc1cn(C(C(=O)C2CCC(C(=O)c3ccccc3)CC2)c2ccccc2)cn1. The van der Waals surface area contributed by atoms with E-state index in [2.05, 4.69) is 15.6 Å². The molecule has 0 radical (unpaired) electrons. The highest BCUT2D eigenvalue weighted by Crippen LogP contribution is 2.35. The monoisotopic (exact) mass is 649 g/mol. The zero-order chi connectivity index (χ0) is 34.1. The number of benzene rings is 3. The van der Waals surface area contributed by atoms with Gasteiger partial charge in [0, 0.05) is 23.6 Å². The van der Waals surface area contributed by atoms with Gasteiger partial charge in [-0.15, -0.1) is 0 Å². The molecule has 48 heavy (non-hydrogen) atoms. The molecule has 3 aromatic carbocycles. The molecular weight excluding hydrogens is 606 g/mol.